The molecular weight excluding hydrogens is 176 g/mol. The molecule has 2 N–H and O–H groups in total. The normalized spacial score (nSPS) is 12.3. The summed E-state index contributed by atoms with van der Waals surface area (Å²) >= 11 is 0. The highest BCUT2D eigenvalue weighted by Gasteiger charge is 2.20. The molecule has 1 aromatic heterocycles. The Morgan fingerprint density at radius 1 is 1.36 bits per heavy atom. The minimum absolute atomic E-state index is 0.825. The summed E-state index contributed by atoms with van der Waals surface area (Å²) in [6.07, 6.45) is 0. The van der Waals surface area contributed by atoms with E-state index < -0.39 is 5.60 Å². The van der Waals surface area contributed by atoms with Crippen LogP contribution in [0.5, 0.6) is 0 Å². The Labute approximate surface area is 82.8 Å². The summed E-state index contributed by atoms with van der Waals surface area (Å²) in [5.74, 6) is 0. The van der Waals surface area contributed by atoms with Crippen LogP contribution in [0, 0.1) is 6.92 Å². The molecule has 74 valence electrons. The van der Waals surface area contributed by atoms with E-state index in [4.69, 9.17) is 0 Å². The van der Waals surface area contributed by atoms with E-state index in [1.165, 1.54) is 0 Å². The number of fused-ring (bicyclic) bond motifs is 1. The van der Waals surface area contributed by atoms with Gasteiger partial charge in [0.05, 0.1) is 11.1 Å². The standard InChI is InChI=1S/C11H14N2O/c1-7-10-8(11(2,3)14)5-4-6-9(10)13-12-7/h4-6,14H,1-3H3,(H,12,13). The summed E-state index contributed by atoms with van der Waals surface area (Å²) in [7, 11) is 0. The average molecular weight is 190 g/mol. The molecule has 2 aromatic rings. The summed E-state index contributed by atoms with van der Waals surface area (Å²) in [6, 6.07) is 5.79. The van der Waals surface area contributed by atoms with Crippen molar-refractivity contribution < 1.29 is 5.11 Å². The molecule has 1 aromatic carbocycles. The van der Waals surface area contributed by atoms with Crippen LogP contribution < -0.4 is 0 Å². The zero-order valence-electron chi connectivity index (χ0n) is 8.63. The van der Waals surface area contributed by atoms with E-state index in [9.17, 15) is 5.11 Å². The van der Waals surface area contributed by atoms with Crippen LogP contribution in [-0.4, -0.2) is 15.3 Å². The second-order valence-electron chi connectivity index (χ2n) is 4.11. The molecule has 3 heteroatoms. The van der Waals surface area contributed by atoms with Gasteiger partial charge in [-0.1, -0.05) is 12.1 Å². The molecule has 0 bridgehead atoms. The van der Waals surface area contributed by atoms with E-state index in [0.717, 1.165) is 22.2 Å². The van der Waals surface area contributed by atoms with Crippen molar-refractivity contribution in [2.75, 3.05) is 0 Å². The lowest BCUT2D eigenvalue weighted by Crippen LogP contribution is -2.15. The van der Waals surface area contributed by atoms with Crippen LogP contribution in [0.25, 0.3) is 10.9 Å². The largest absolute Gasteiger partial charge is 0.386 e. The molecule has 3 nitrogen and oxygen atoms in total. The fourth-order valence-corrected chi connectivity index (χ4v) is 1.74. The third kappa shape index (κ3) is 1.30. The number of aliphatic hydroxyl groups is 1. The number of aryl methyl sites for hydroxylation is 1. The van der Waals surface area contributed by atoms with Gasteiger partial charge >= 0.3 is 0 Å². The number of nitrogens with one attached hydrogen (secondary N) is 1. The molecule has 1 heterocycles. The predicted molar refractivity (Wildman–Crippen MR) is 56.1 cm³/mol. The molecule has 0 spiro atoms. The van der Waals surface area contributed by atoms with Gasteiger partial charge in [-0.15, -0.1) is 0 Å². The van der Waals surface area contributed by atoms with Gasteiger partial charge in [-0.25, -0.2) is 0 Å². The molecule has 0 aliphatic heterocycles. The molecule has 2 rings (SSSR count). The van der Waals surface area contributed by atoms with Crippen LogP contribution in [0.1, 0.15) is 25.1 Å². The van der Waals surface area contributed by atoms with Gasteiger partial charge in [0.15, 0.2) is 0 Å². The Hall–Kier alpha value is -1.35. The quantitative estimate of drug-likeness (QED) is 0.723. The van der Waals surface area contributed by atoms with E-state index in [1.807, 2.05) is 25.1 Å². The van der Waals surface area contributed by atoms with Gasteiger partial charge < -0.3 is 5.11 Å². The maximum atomic E-state index is 9.99. The Morgan fingerprint density at radius 2 is 2.07 bits per heavy atom. The highest BCUT2D eigenvalue weighted by atomic mass is 16.3. The Kier molecular flexibility index (Phi) is 1.86. The van der Waals surface area contributed by atoms with Gasteiger partial charge in [0.1, 0.15) is 0 Å². The summed E-state index contributed by atoms with van der Waals surface area (Å²) < 4.78 is 0. The number of aromatic nitrogens is 2. The summed E-state index contributed by atoms with van der Waals surface area (Å²) in [5, 5.41) is 18.1. The van der Waals surface area contributed by atoms with Crippen molar-refractivity contribution in [3.63, 3.8) is 0 Å². The third-order valence-corrected chi connectivity index (χ3v) is 2.42. The first-order valence-electron chi connectivity index (χ1n) is 4.66. The zero-order chi connectivity index (χ0) is 10.3. The minimum Gasteiger partial charge on any atom is -0.386 e. The summed E-state index contributed by atoms with van der Waals surface area (Å²) in [4.78, 5) is 0. The molecule has 0 aliphatic carbocycles. The number of hydrogen-bond acceptors (Lipinski definition) is 2. The van der Waals surface area contributed by atoms with Crippen molar-refractivity contribution in [2.45, 2.75) is 26.4 Å². The van der Waals surface area contributed by atoms with Crippen molar-refractivity contribution in [3.05, 3.63) is 29.5 Å². The fourth-order valence-electron chi connectivity index (χ4n) is 1.74. The van der Waals surface area contributed by atoms with E-state index in [2.05, 4.69) is 10.2 Å². The Balaban J connectivity index is 2.82. The predicted octanol–water partition coefficient (Wildman–Crippen LogP) is 2.10. The second kappa shape index (κ2) is 2.82. The maximum absolute atomic E-state index is 9.99. The van der Waals surface area contributed by atoms with Gasteiger partial charge in [0.25, 0.3) is 0 Å². The first kappa shape index (κ1) is 9.21. The van der Waals surface area contributed by atoms with Crippen LogP contribution in [0.15, 0.2) is 18.2 Å². The lowest BCUT2D eigenvalue weighted by atomic mass is 9.94. The number of hydrogen-bond donors (Lipinski definition) is 2. The van der Waals surface area contributed by atoms with Crippen LogP contribution in [0.2, 0.25) is 0 Å². The zero-order valence-corrected chi connectivity index (χ0v) is 8.63. The van der Waals surface area contributed by atoms with Gasteiger partial charge in [0.2, 0.25) is 0 Å². The number of nitrogens with zero attached hydrogens (tertiary/aromatic N) is 1. The molecule has 0 amide bonds. The molecule has 0 radical (unpaired) electrons. The highest BCUT2D eigenvalue weighted by Crippen LogP contribution is 2.28. The number of rotatable bonds is 1. The smallest absolute Gasteiger partial charge is 0.0927 e. The van der Waals surface area contributed by atoms with Crippen LogP contribution in [-0.2, 0) is 5.60 Å². The number of H-pyrrole nitrogens is 1. The number of aromatic amines is 1. The monoisotopic (exact) mass is 190 g/mol. The van der Waals surface area contributed by atoms with Crippen LogP contribution in [0.3, 0.4) is 0 Å². The first-order chi connectivity index (χ1) is 6.50. The average Bonchev–Trinajstić information content (AvgIpc) is 2.46. The Bertz CT molecular complexity index is 466. The maximum Gasteiger partial charge on any atom is 0.0927 e. The molecule has 14 heavy (non-hydrogen) atoms. The van der Waals surface area contributed by atoms with Gasteiger partial charge in [0, 0.05) is 11.1 Å². The molecular formula is C11H14N2O. The second-order valence-corrected chi connectivity index (χ2v) is 4.11. The minimum atomic E-state index is -0.825. The third-order valence-electron chi connectivity index (χ3n) is 2.42. The van der Waals surface area contributed by atoms with Gasteiger partial charge in [-0.05, 0) is 32.4 Å². The van der Waals surface area contributed by atoms with Crippen molar-refractivity contribution >= 4 is 10.9 Å². The van der Waals surface area contributed by atoms with Gasteiger partial charge in [-0.2, -0.15) is 5.10 Å². The lowest BCUT2D eigenvalue weighted by molar-refractivity contribution is 0.0801. The van der Waals surface area contributed by atoms with E-state index in [-0.39, 0.29) is 0 Å². The molecule has 0 saturated heterocycles. The molecule has 0 atom stereocenters. The lowest BCUT2D eigenvalue weighted by Gasteiger charge is -2.18. The highest BCUT2D eigenvalue weighted by molar-refractivity contribution is 5.85. The van der Waals surface area contributed by atoms with Crippen molar-refractivity contribution in [3.8, 4) is 0 Å². The molecule has 0 aliphatic rings. The summed E-state index contributed by atoms with van der Waals surface area (Å²) in [5.41, 5.74) is 2.00. The Morgan fingerprint density at radius 3 is 2.71 bits per heavy atom. The van der Waals surface area contributed by atoms with E-state index in [0.29, 0.717) is 0 Å². The molecule has 0 saturated carbocycles. The number of benzene rings is 1. The van der Waals surface area contributed by atoms with E-state index >= 15 is 0 Å². The van der Waals surface area contributed by atoms with Crippen LogP contribution >= 0.6 is 0 Å². The van der Waals surface area contributed by atoms with Crippen molar-refractivity contribution in [1.29, 1.82) is 0 Å². The van der Waals surface area contributed by atoms with Gasteiger partial charge in [-0.3, -0.25) is 5.10 Å². The van der Waals surface area contributed by atoms with Crippen molar-refractivity contribution in [2.24, 2.45) is 0 Å². The molecule has 0 unspecified atom stereocenters. The van der Waals surface area contributed by atoms with E-state index in [1.54, 1.807) is 13.8 Å². The SMILES string of the molecule is Cc1[nH]nc2cccc(C(C)(C)O)c12. The summed E-state index contributed by atoms with van der Waals surface area (Å²) in [6.45, 7) is 5.53. The topological polar surface area (TPSA) is 48.9 Å². The fraction of sp³-hybridized carbons (Fsp3) is 0.364. The molecule has 0 fully saturated rings. The van der Waals surface area contributed by atoms with Crippen LogP contribution in [0.4, 0.5) is 0 Å². The van der Waals surface area contributed by atoms with Crippen molar-refractivity contribution in [1.82, 2.24) is 10.2 Å². The first-order valence-corrected chi connectivity index (χ1v) is 4.66.